The fourth-order valence-corrected chi connectivity index (χ4v) is 4.01. The summed E-state index contributed by atoms with van der Waals surface area (Å²) in [6.07, 6.45) is 5.19. The van der Waals surface area contributed by atoms with E-state index in [2.05, 4.69) is 55.2 Å². The number of aromatic hydroxyl groups is 1. The minimum absolute atomic E-state index is 0.0141. The maximum atomic E-state index is 10.8. The normalized spacial score (nSPS) is 14.2. The number of benzene rings is 1. The zero-order valence-corrected chi connectivity index (χ0v) is 20.8. The van der Waals surface area contributed by atoms with E-state index in [0.29, 0.717) is 34.8 Å². The molecule has 2 N–H and O–H groups in total. The van der Waals surface area contributed by atoms with E-state index in [1.807, 2.05) is 19.3 Å². The van der Waals surface area contributed by atoms with Crippen molar-refractivity contribution in [2.45, 2.75) is 31.9 Å². The Hall–Kier alpha value is -4.04. The molecule has 1 aromatic carbocycles. The molecule has 0 spiro atoms. The average molecular weight is 492 g/mol. The zero-order valence-electron chi connectivity index (χ0n) is 20.0. The number of phenols is 1. The average Bonchev–Trinajstić information content (AvgIpc) is 3.30. The number of aryl methyl sites for hydroxylation is 1. The number of rotatable bonds is 8. The third kappa shape index (κ3) is 5.07. The van der Waals surface area contributed by atoms with Gasteiger partial charge in [-0.1, -0.05) is 25.6 Å². The Labute approximate surface area is 207 Å². The highest BCUT2D eigenvalue weighted by atomic mass is 32.2. The second-order valence-corrected chi connectivity index (χ2v) is 8.94. The van der Waals surface area contributed by atoms with Gasteiger partial charge in [0.15, 0.2) is 11.5 Å². The topological polar surface area (TPSA) is 120 Å². The van der Waals surface area contributed by atoms with Gasteiger partial charge >= 0.3 is 0 Å². The Kier molecular flexibility index (Phi) is 7.22. The van der Waals surface area contributed by atoms with Crippen molar-refractivity contribution < 1.29 is 14.6 Å². The van der Waals surface area contributed by atoms with Crippen LogP contribution in [0.5, 0.6) is 11.5 Å². The molecular formula is C24H25N7O3S. The largest absolute Gasteiger partial charge is 0.506 e. The van der Waals surface area contributed by atoms with Gasteiger partial charge in [-0.25, -0.2) is 15.0 Å². The lowest BCUT2D eigenvalue weighted by Crippen LogP contribution is -2.15. The quantitative estimate of drug-likeness (QED) is 0.355. The SMILES string of the molecule is COC1=NC(c2nnc(NSC(C)C(C)c3ncc(C)cn3)n2-c2c(O)cccc2OC)=C=C=C1. The molecule has 35 heavy (non-hydrogen) atoms. The van der Waals surface area contributed by atoms with Crippen molar-refractivity contribution >= 4 is 29.5 Å². The van der Waals surface area contributed by atoms with Crippen molar-refractivity contribution in [2.24, 2.45) is 4.99 Å². The molecule has 3 aromatic rings. The molecule has 0 radical (unpaired) electrons. The molecule has 3 heterocycles. The minimum atomic E-state index is -0.0141. The van der Waals surface area contributed by atoms with Gasteiger partial charge in [-0.2, -0.15) is 0 Å². The molecule has 11 heteroatoms. The van der Waals surface area contributed by atoms with Gasteiger partial charge in [0.05, 0.1) is 20.3 Å². The van der Waals surface area contributed by atoms with Crippen LogP contribution in [0.3, 0.4) is 0 Å². The van der Waals surface area contributed by atoms with E-state index in [9.17, 15) is 5.11 Å². The molecule has 0 fully saturated rings. The van der Waals surface area contributed by atoms with Crippen LogP contribution < -0.4 is 9.46 Å². The van der Waals surface area contributed by atoms with Crippen LogP contribution in [0.25, 0.3) is 11.4 Å². The van der Waals surface area contributed by atoms with Gasteiger partial charge in [0, 0.05) is 23.6 Å². The van der Waals surface area contributed by atoms with E-state index in [0.717, 1.165) is 11.4 Å². The number of ether oxygens (including phenoxy) is 2. The number of anilines is 1. The van der Waals surface area contributed by atoms with E-state index >= 15 is 0 Å². The van der Waals surface area contributed by atoms with Gasteiger partial charge in [-0.3, -0.25) is 9.29 Å². The number of aromatic nitrogens is 5. The number of hydrogen-bond acceptors (Lipinski definition) is 10. The first kappa shape index (κ1) is 24.1. The third-order valence-corrected chi connectivity index (χ3v) is 6.44. The summed E-state index contributed by atoms with van der Waals surface area (Å²) in [5.74, 6) is 2.28. The van der Waals surface area contributed by atoms with Crippen LogP contribution >= 0.6 is 11.9 Å². The summed E-state index contributed by atoms with van der Waals surface area (Å²) in [7, 11) is 3.04. The number of phenolic OH excluding ortho intramolecular Hbond substituents is 1. The number of nitrogens with one attached hydrogen (secondary N) is 1. The monoisotopic (exact) mass is 491 g/mol. The predicted molar refractivity (Wildman–Crippen MR) is 135 cm³/mol. The molecule has 0 saturated carbocycles. The van der Waals surface area contributed by atoms with Gasteiger partial charge in [0.25, 0.3) is 0 Å². The number of nitrogens with zero attached hydrogens (tertiary/aromatic N) is 6. The van der Waals surface area contributed by atoms with Gasteiger partial charge in [-0.15, -0.1) is 10.2 Å². The van der Waals surface area contributed by atoms with Crippen molar-refractivity contribution in [1.29, 1.82) is 0 Å². The van der Waals surface area contributed by atoms with Gasteiger partial charge in [0.1, 0.15) is 23.0 Å². The molecule has 0 bridgehead atoms. The minimum Gasteiger partial charge on any atom is -0.506 e. The second-order valence-electron chi connectivity index (χ2n) is 7.76. The van der Waals surface area contributed by atoms with Crippen molar-refractivity contribution in [3.05, 3.63) is 65.3 Å². The van der Waals surface area contributed by atoms with Crippen molar-refractivity contribution in [2.75, 3.05) is 18.9 Å². The van der Waals surface area contributed by atoms with Crippen LogP contribution in [0.2, 0.25) is 0 Å². The second kappa shape index (κ2) is 10.5. The van der Waals surface area contributed by atoms with E-state index in [1.54, 1.807) is 28.8 Å². The molecule has 0 aliphatic carbocycles. The number of hydrogen-bond donors (Lipinski definition) is 2. The fourth-order valence-electron chi connectivity index (χ4n) is 3.26. The van der Waals surface area contributed by atoms with Crippen molar-refractivity contribution in [3.63, 3.8) is 0 Å². The molecule has 0 saturated heterocycles. The molecule has 180 valence electrons. The first-order valence-corrected chi connectivity index (χ1v) is 11.7. The van der Waals surface area contributed by atoms with Crippen LogP contribution in [0, 0.1) is 6.92 Å². The Balaban J connectivity index is 1.71. The molecular weight excluding hydrogens is 466 g/mol. The molecule has 2 atom stereocenters. The fraction of sp³-hybridized carbons (Fsp3) is 0.292. The summed E-state index contributed by atoms with van der Waals surface area (Å²) >= 11 is 1.44. The first-order chi connectivity index (χ1) is 16.9. The highest BCUT2D eigenvalue weighted by Gasteiger charge is 2.25. The molecule has 4 rings (SSSR count). The van der Waals surface area contributed by atoms with E-state index < -0.39 is 0 Å². The van der Waals surface area contributed by atoms with Crippen molar-refractivity contribution in [3.8, 4) is 17.2 Å². The number of aliphatic imine (C=N–C) groups is 1. The molecule has 2 unspecified atom stereocenters. The standard InChI is InChI=1S/C24H25N7O3S/c1-14-12-25-22(26-13-14)15(2)16(3)35-30-24-29-28-23(17-8-6-11-20(27-17)34-5)31(24)21-18(32)9-7-10-19(21)33-4/h7,9-13,15-16,32H,1-5H3,(H,29,30). The van der Waals surface area contributed by atoms with Crippen LogP contribution in [-0.4, -0.2) is 55.2 Å². The zero-order chi connectivity index (χ0) is 24.9. The van der Waals surface area contributed by atoms with Gasteiger partial charge in [0.2, 0.25) is 11.8 Å². The number of methoxy groups -OCH3 is 2. The van der Waals surface area contributed by atoms with E-state index in [1.165, 1.54) is 26.2 Å². The van der Waals surface area contributed by atoms with Crippen LogP contribution in [-0.2, 0) is 4.74 Å². The lowest BCUT2D eigenvalue weighted by molar-refractivity contribution is 0.404. The first-order valence-electron chi connectivity index (χ1n) is 10.8. The summed E-state index contributed by atoms with van der Waals surface area (Å²) in [4.78, 5) is 13.3. The summed E-state index contributed by atoms with van der Waals surface area (Å²) in [5, 5.41) is 19.5. The summed E-state index contributed by atoms with van der Waals surface area (Å²) in [6.45, 7) is 6.09. The summed E-state index contributed by atoms with van der Waals surface area (Å²) in [6, 6.07) is 5.00. The Morgan fingerprint density at radius 3 is 2.60 bits per heavy atom. The molecule has 2 aromatic heterocycles. The Morgan fingerprint density at radius 1 is 1.11 bits per heavy atom. The molecule has 1 aliphatic heterocycles. The molecule has 10 nitrogen and oxygen atoms in total. The predicted octanol–water partition coefficient (Wildman–Crippen LogP) is 4.04. The smallest absolute Gasteiger partial charge is 0.239 e. The maximum Gasteiger partial charge on any atom is 0.239 e. The Bertz CT molecular complexity index is 1350. The lowest BCUT2D eigenvalue weighted by atomic mass is 10.1. The summed E-state index contributed by atoms with van der Waals surface area (Å²) < 4.78 is 15.7. The summed E-state index contributed by atoms with van der Waals surface area (Å²) in [5.41, 5.74) is 7.52. The van der Waals surface area contributed by atoms with Crippen LogP contribution in [0.4, 0.5) is 5.95 Å². The lowest BCUT2D eigenvalue weighted by Gasteiger charge is -2.20. The van der Waals surface area contributed by atoms with Gasteiger partial charge < -0.3 is 14.6 Å². The van der Waals surface area contributed by atoms with Gasteiger partial charge in [-0.05, 0) is 42.3 Å². The highest BCUT2D eigenvalue weighted by Crippen LogP contribution is 2.37. The van der Waals surface area contributed by atoms with E-state index in [4.69, 9.17) is 9.47 Å². The molecule has 0 amide bonds. The van der Waals surface area contributed by atoms with Crippen LogP contribution in [0.15, 0.2) is 53.1 Å². The molecule has 1 aliphatic rings. The maximum absolute atomic E-state index is 10.8. The highest BCUT2D eigenvalue weighted by molar-refractivity contribution is 8.01. The number of para-hydroxylation sites is 1. The van der Waals surface area contributed by atoms with E-state index in [-0.39, 0.29) is 16.9 Å². The van der Waals surface area contributed by atoms with Crippen molar-refractivity contribution in [1.82, 2.24) is 24.7 Å². The van der Waals surface area contributed by atoms with Crippen LogP contribution in [0.1, 0.15) is 37.0 Å². The third-order valence-electron chi connectivity index (χ3n) is 5.36. The Morgan fingerprint density at radius 2 is 1.89 bits per heavy atom.